The second kappa shape index (κ2) is 65.9. The van der Waals surface area contributed by atoms with E-state index >= 15 is 0 Å². The third-order valence-electron chi connectivity index (χ3n) is 18.7. The van der Waals surface area contributed by atoms with Crippen molar-refractivity contribution >= 4 is 5.91 Å². The standard InChI is InChI=1S/C83H145NO13/c1-3-5-7-9-11-13-15-17-19-21-23-25-27-29-30-31-32-33-34-35-36-37-38-39-40-41-42-43-45-47-49-51-53-55-57-59-61-63-65-67-75(88)84-71(70-94-82-80(93)78(91)81(74(69-86)96-82)97-83-79(92)77(90)76(89)73(68-85)95-83)72(87)66-64-62-60-58-56-54-52-50-48-46-44-28-26-24-22-20-18-16-14-12-10-8-6-4-2/h5,7,11,13,17,19,23,25,29-30,32-33,35-36,56,58,64,66,71-74,76-83,85-87,89-93H,3-4,6,8-10,12,14-16,18,20-22,24,26-28,31,34,37-55,57,59-63,65,67-70H2,1-2H3,(H,84,88)/b7-5-,13-11-,19-17-,25-23-,30-29-,33-32-,36-35-,58-56+,66-64+. The minimum atomic E-state index is -1.80. The summed E-state index contributed by atoms with van der Waals surface area (Å²) >= 11 is 0. The SMILES string of the molecule is CC/C=C\C/C=C\C/C=C\C/C=C\C/C=C\C/C=C\C/C=C\CCCCCCCCCCCCCCCCCCCC(=O)NC(COC1OC(CO)C(OC2OC(CO)C(O)C(O)C2O)C(O)C1O)C(O)/C=C/CC/C=C/CCCCCCCCCCCCCCCCCCCC. The van der Waals surface area contributed by atoms with E-state index in [9.17, 15) is 45.6 Å². The van der Waals surface area contributed by atoms with Gasteiger partial charge < -0.3 is 65.1 Å². The Labute approximate surface area is 591 Å². The van der Waals surface area contributed by atoms with Gasteiger partial charge in [-0.1, -0.05) is 329 Å². The Hall–Kier alpha value is -3.35. The van der Waals surface area contributed by atoms with Gasteiger partial charge in [0.25, 0.3) is 0 Å². The molecule has 12 unspecified atom stereocenters. The van der Waals surface area contributed by atoms with Gasteiger partial charge in [0.1, 0.15) is 48.8 Å². The molecule has 2 aliphatic rings. The average molecular weight is 1370 g/mol. The van der Waals surface area contributed by atoms with Gasteiger partial charge >= 0.3 is 0 Å². The first kappa shape index (κ1) is 89.7. The number of hydrogen-bond acceptors (Lipinski definition) is 13. The first-order valence-corrected chi connectivity index (χ1v) is 39.6. The lowest BCUT2D eigenvalue weighted by molar-refractivity contribution is -0.359. The van der Waals surface area contributed by atoms with Crippen molar-refractivity contribution in [3.05, 3.63) is 109 Å². The summed E-state index contributed by atoms with van der Waals surface area (Å²) in [4.78, 5) is 13.4. The fourth-order valence-electron chi connectivity index (χ4n) is 12.5. The number of unbranched alkanes of at least 4 members (excludes halogenated alkanes) is 36. The molecule has 97 heavy (non-hydrogen) atoms. The minimum absolute atomic E-state index is 0.248. The van der Waals surface area contributed by atoms with E-state index < -0.39 is 86.8 Å². The van der Waals surface area contributed by atoms with Crippen LogP contribution in [0, 0.1) is 0 Å². The molecule has 2 aliphatic heterocycles. The fourth-order valence-corrected chi connectivity index (χ4v) is 12.5. The van der Waals surface area contributed by atoms with Gasteiger partial charge in [-0.15, -0.1) is 0 Å². The molecular weight excluding hydrogens is 1220 g/mol. The van der Waals surface area contributed by atoms with E-state index in [2.05, 4.69) is 116 Å². The molecule has 14 heteroatoms. The lowest BCUT2D eigenvalue weighted by atomic mass is 9.97. The maximum absolute atomic E-state index is 13.4. The number of allylic oxidation sites excluding steroid dienone is 17. The Bertz CT molecular complexity index is 2050. The summed E-state index contributed by atoms with van der Waals surface area (Å²) in [6, 6.07) is -0.938. The van der Waals surface area contributed by atoms with Crippen molar-refractivity contribution in [2.24, 2.45) is 0 Å². The molecule has 560 valence electrons. The van der Waals surface area contributed by atoms with Gasteiger partial charge in [-0.2, -0.15) is 0 Å². The summed E-state index contributed by atoms with van der Waals surface area (Å²) in [6.07, 6.45) is 78.8. The van der Waals surface area contributed by atoms with Crippen molar-refractivity contribution in [3.63, 3.8) is 0 Å². The summed E-state index contributed by atoms with van der Waals surface area (Å²) in [5, 5.41) is 87.6. The third kappa shape index (κ3) is 49.0. The van der Waals surface area contributed by atoms with Crippen LogP contribution >= 0.6 is 0 Å². The summed E-state index contributed by atoms with van der Waals surface area (Å²) in [5.74, 6) is -0.248. The van der Waals surface area contributed by atoms with E-state index in [0.29, 0.717) is 12.8 Å². The number of nitrogens with one attached hydrogen (secondary N) is 1. The quantitative estimate of drug-likeness (QED) is 0.0204. The van der Waals surface area contributed by atoms with E-state index in [-0.39, 0.29) is 18.9 Å². The van der Waals surface area contributed by atoms with E-state index in [1.807, 2.05) is 6.08 Å². The Morgan fingerprint density at radius 3 is 1.13 bits per heavy atom. The Balaban J connectivity index is 1.61. The number of hydrogen-bond donors (Lipinski definition) is 9. The molecule has 9 N–H and O–H groups in total. The van der Waals surface area contributed by atoms with E-state index in [4.69, 9.17) is 18.9 Å². The Morgan fingerprint density at radius 1 is 0.381 bits per heavy atom. The van der Waals surface area contributed by atoms with Crippen molar-refractivity contribution in [1.29, 1.82) is 0 Å². The van der Waals surface area contributed by atoms with Gasteiger partial charge in [0.05, 0.1) is 32.0 Å². The predicted molar refractivity (Wildman–Crippen MR) is 401 cm³/mol. The van der Waals surface area contributed by atoms with Crippen LogP contribution in [0.2, 0.25) is 0 Å². The number of amides is 1. The molecule has 0 radical (unpaired) electrons. The Kier molecular flexibility index (Phi) is 61.0. The molecule has 0 bridgehead atoms. The van der Waals surface area contributed by atoms with Crippen LogP contribution in [0.5, 0.6) is 0 Å². The van der Waals surface area contributed by atoms with Crippen LogP contribution in [0.3, 0.4) is 0 Å². The normalized spacial score (nSPS) is 22.7. The van der Waals surface area contributed by atoms with E-state index in [1.165, 1.54) is 205 Å². The van der Waals surface area contributed by atoms with Gasteiger partial charge in [-0.3, -0.25) is 4.79 Å². The van der Waals surface area contributed by atoms with Crippen molar-refractivity contribution in [3.8, 4) is 0 Å². The van der Waals surface area contributed by atoms with Crippen LogP contribution in [0.1, 0.15) is 316 Å². The molecule has 0 aromatic rings. The average Bonchev–Trinajstić information content (AvgIpc) is 0.794. The molecule has 12 atom stereocenters. The number of rotatable bonds is 65. The van der Waals surface area contributed by atoms with Gasteiger partial charge in [0, 0.05) is 6.42 Å². The molecule has 14 nitrogen and oxygen atoms in total. The smallest absolute Gasteiger partial charge is 0.220 e. The molecule has 2 saturated heterocycles. The summed E-state index contributed by atoms with van der Waals surface area (Å²) in [7, 11) is 0. The predicted octanol–water partition coefficient (Wildman–Crippen LogP) is 17.9. The summed E-state index contributed by atoms with van der Waals surface area (Å²) in [6.45, 7) is 2.70. The maximum atomic E-state index is 13.4. The minimum Gasteiger partial charge on any atom is -0.394 e. The number of aliphatic hydroxyl groups excluding tert-OH is 8. The monoisotopic (exact) mass is 1360 g/mol. The van der Waals surface area contributed by atoms with Crippen molar-refractivity contribution < 1.29 is 64.6 Å². The first-order valence-electron chi connectivity index (χ1n) is 39.6. The molecule has 1 amide bonds. The summed E-state index contributed by atoms with van der Waals surface area (Å²) < 4.78 is 22.9. The van der Waals surface area contributed by atoms with Crippen LogP contribution in [-0.4, -0.2) is 140 Å². The molecule has 2 rings (SSSR count). The summed E-state index contributed by atoms with van der Waals surface area (Å²) in [5.41, 5.74) is 0. The highest BCUT2D eigenvalue weighted by atomic mass is 16.7. The molecule has 0 aliphatic carbocycles. The molecule has 2 fully saturated rings. The highest BCUT2D eigenvalue weighted by molar-refractivity contribution is 5.76. The van der Waals surface area contributed by atoms with E-state index in [0.717, 1.165) is 77.0 Å². The van der Waals surface area contributed by atoms with Gasteiger partial charge in [0.15, 0.2) is 12.6 Å². The largest absolute Gasteiger partial charge is 0.394 e. The zero-order valence-electron chi connectivity index (χ0n) is 61.3. The highest BCUT2D eigenvalue weighted by Crippen LogP contribution is 2.30. The zero-order chi connectivity index (χ0) is 70.1. The van der Waals surface area contributed by atoms with Crippen molar-refractivity contribution in [2.45, 2.75) is 389 Å². The highest BCUT2D eigenvalue weighted by Gasteiger charge is 2.51. The van der Waals surface area contributed by atoms with Crippen LogP contribution in [0.15, 0.2) is 109 Å². The lowest BCUT2D eigenvalue weighted by Crippen LogP contribution is -2.65. The van der Waals surface area contributed by atoms with Crippen molar-refractivity contribution in [2.75, 3.05) is 19.8 Å². The molecule has 2 heterocycles. The molecule has 0 aromatic heterocycles. The Morgan fingerprint density at radius 2 is 0.722 bits per heavy atom. The number of ether oxygens (including phenoxy) is 4. The van der Waals surface area contributed by atoms with Crippen LogP contribution < -0.4 is 5.32 Å². The first-order chi connectivity index (χ1) is 47.6. The zero-order valence-corrected chi connectivity index (χ0v) is 61.3. The number of carbonyl (C=O) groups excluding carboxylic acids is 1. The van der Waals surface area contributed by atoms with Crippen LogP contribution in [0.4, 0.5) is 0 Å². The van der Waals surface area contributed by atoms with Gasteiger partial charge in [-0.05, 0) is 89.9 Å². The lowest BCUT2D eigenvalue weighted by Gasteiger charge is -2.46. The van der Waals surface area contributed by atoms with Crippen LogP contribution in [0.25, 0.3) is 0 Å². The topological polar surface area (TPSA) is 228 Å². The second-order valence-corrected chi connectivity index (χ2v) is 27.4. The molecule has 0 aromatic carbocycles. The van der Waals surface area contributed by atoms with Gasteiger partial charge in [-0.25, -0.2) is 0 Å². The second-order valence-electron chi connectivity index (χ2n) is 27.4. The van der Waals surface area contributed by atoms with Crippen molar-refractivity contribution in [1.82, 2.24) is 5.32 Å². The fraction of sp³-hybridized carbons (Fsp3) is 0.771. The maximum Gasteiger partial charge on any atom is 0.220 e. The van der Waals surface area contributed by atoms with E-state index in [1.54, 1.807) is 6.08 Å². The number of carbonyl (C=O) groups is 1. The molecule has 0 saturated carbocycles. The molecule has 0 spiro atoms. The third-order valence-corrected chi connectivity index (χ3v) is 18.7. The number of aliphatic hydroxyl groups is 8. The van der Waals surface area contributed by atoms with Gasteiger partial charge in [0.2, 0.25) is 5.91 Å². The molecular formula is C83H145NO13. The van der Waals surface area contributed by atoms with Crippen LogP contribution in [-0.2, 0) is 23.7 Å².